The molecular weight excluding hydrogens is 372 g/mol. The number of ether oxygens (including phenoxy) is 3. The summed E-state index contributed by atoms with van der Waals surface area (Å²) in [5.41, 5.74) is 1.13. The molecule has 0 unspecified atom stereocenters. The number of anilines is 1. The maximum absolute atomic E-state index is 5.89. The van der Waals surface area contributed by atoms with Gasteiger partial charge >= 0.3 is 6.01 Å². The fraction of sp³-hybridized carbons (Fsp3) is 0.700. The third-order valence-electron chi connectivity index (χ3n) is 6.64. The minimum absolute atomic E-state index is 0.152. The largest absolute Gasteiger partial charge is 0.481 e. The smallest absolute Gasteiger partial charge is 0.321 e. The topological polar surface area (TPSA) is 87.4 Å². The summed E-state index contributed by atoms with van der Waals surface area (Å²) in [4.78, 5) is 11.1. The van der Waals surface area contributed by atoms with Gasteiger partial charge in [-0.05, 0) is 37.5 Å². The molecule has 1 saturated heterocycles. The average Bonchev–Trinajstić information content (AvgIpc) is 3.34. The van der Waals surface area contributed by atoms with Crippen LogP contribution in [-0.2, 0) is 4.74 Å². The van der Waals surface area contributed by atoms with Gasteiger partial charge in [0, 0.05) is 38.4 Å². The minimum Gasteiger partial charge on any atom is -0.481 e. The van der Waals surface area contributed by atoms with Gasteiger partial charge in [-0.25, -0.2) is 4.68 Å². The van der Waals surface area contributed by atoms with E-state index in [0.717, 1.165) is 37.4 Å². The third-order valence-corrected chi connectivity index (χ3v) is 6.64. The molecule has 9 nitrogen and oxygen atoms in total. The molecule has 0 bridgehead atoms. The summed E-state index contributed by atoms with van der Waals surface area (Å²) < 4.78 is 18.5. The summed E-state index contributed by atoms with van der Waals surface area (Å²) in [5, 5.41) is 8.87. The maximum Gasteiger partial charge on any atom is 0.321 e. The summed E-state index contributed by atoms with van der Waals surface area (Å²) in [6.07, 6.45) is 6.82. The van der Waals surface area contributed by atoms with Crippen molar-refractivity contribution in [3.05, 3.63) is 18.0 Å². The molecule has 2 aromatic heterocycles. The molecule has 0 N–H and O–H groups in total. The third kappa shape index (κ3) is 3.52. The van der Waals surface area contributed by atoms with Gasteiger partial charge in [-0.1, -0.05) is 5.21 Å². The van der Waals surface area contributed by atoms with Crippen molar-refractivity contribution in [2.24, 2.45) is 11.8 Å². The Morgan fingerprint density at radius 3 is 2.48 bits per heavy atom. The van der Waals surface area contributed by atoms with Gasteiger partial charge in [0.15, 0.2) is 0 Å². The lowest BCUT2D eigenvalue weighted by Crippen LogP contribution is -2.37. The summed E-state index contributed by atoms with van der Waals surface area (Å²) in [5.74, 6) is 3.11. The van der Waals surface area contributed by atoms with Crippen LogP contribution in [0.15, 0.2) is 12.3 Å². The predicted octanol–water partition coefficient (Wildman–Crippen LogP) is 2.07. The van der Waals surface area contributed by atoms with Crippen molar-refractivity contribution in [2.75, 3.05) is 39.3 Å². The second-order valence-electron chi connectivity index (χ2n) is 8.39. The van der Waals surface area contributed by atoms with Gasteiger partial charge in [-0.15, -0.1) is 5.10 Å². The van der Waals surface area contributed by atoms with Gasteiger partial charge in [0.05, 0.1) is 32.1 Å². The zero-order valence-electron chi connectivity index (χ0n) is 17.2. The Kier molecular flexibility index (Phi) is 4.77. The Balaban J connectivity index is 1.35. The van der Waals surface area contributed by atoms with Crippen molar-refractivity contribution < 1.29 is 14.2 Å². The quantitative estimate of drug-likeness (QED) is 0.728. The Labute approximate surface area is 170 Å². The van der Waals surface area contributed by atoms with Gasteiger partial charge < -0.3 is 19.1 Å². The average molecular weight is 400 g/mol. The highest BCUT2D eigenvalue weighted by Gasteiger charge is 2.44. The number of hydrogen-bond donors (Lipinski definition) is 0. The minimum atomic E-state index is 0.152. The second-order valence-corrected chi connectivity index (χ2v) is 8.39. The summed E-state index contributed by atoms with van der Waals surface area (Å²) in [6, 6.07) is 2.44. The van der Waals surface area contributed by atoms with Crippen LogP contribution in [0.3, 0.4) is 0 Å². The SMILES string of the molecule is COc1cc(N2C[C@H]3C[C@@H](n4cc(C5CC5)nn4)[C@H](OC)C[C@H]3C2)nc(OC)n1. The molecule has 0 amide bonds. The number of aromatic nitrogens is 5. The molecule has 3 fully saturated rings. The normalized spacial score (nSPS) is 29.0. The zero-order valence-corrected chi connectivity index (χ0v) is 17.2. The zero-order chi connectivity index (χ0) is 20.0. The molecule has 3 heterocycles. The standard InChI is InChI=1S/C20H28N6O3/c1-27-17-7-14-10-25(18-8-19(28-2)22-20(21-18)29-3)9-13(14)6-16(17)26-11-15(23-24-26)12-4-5-12/h8,11-14,16-17H,4-7,9-10H2,1-3H3/t13-,14+,16-,17-/m1/s1. The van der Waals surface area contributed by atoms with Gasteiger partial charge in [-0.2, -0.15) is 9.97 Å². The lowest BCUT2D eigenvalue weighted by atomic mass is 9.77. The molecule has 0 spiro atoms. The summed E-state index contributed by atoms with van der Waals surface area (Å²) >= 11 is 0. The lowest BCUT2D eigenvalue weighted by Gasteiger charge is -2.36. The van der Waals surface area contributed by atoms with Crippen LogP contribution in [0.25, 0.3) is 0 Å². The van der Waals surface area contributed by atoms with E-state index in [9.17, 15) is 0 Å². The molecule has 2 aromatic rings. The van der Waals surface area contributed by atoms with Crippen LogP contribution in [-0.4, -0.2) is 65.5 Å². The Bertz CT molecular complexity index is 847. The molecule has 0 radical (unpaired) electrons. The molecule has 0 aromatic carbocycles. The Morgan fingerprint density at radius 2 is 1.79 bits per heavy atom. The van der Waals surface area contributed by atoms with Crippen LogP contribution in [0.1, 0.15) is 43.3 Å². The van der Waals surface area contributed by atoms with Crippen LogP contribution in [0.5, 0.6) is 11.9 Å². The Hall–Kier alpha value is -2.42. The van der Waals surface area contributed by atoms with E-state index >= 15 is 0 Å². The summed E-state index contributed by atoms with van der Waals surface area (Å²) in [6.45, 7) is 1.90. The highest BCUT2D eigenvalue weighted by atomic mass is 16.5. The molecular formula is C20H28N6O3. The molecule has 3 aliphatic rings. The van der Waals surface area contributed by atoms with E-state index in [0.29, 0.717) is 29.6 Å². The summed E-state index contributed by atoms with van der Waals surface area (Å²) in [7, 11) is 4.99. The number of nitrogens with zero attached hydrogens (tertiary/aromatic N) is 6. The van der Waals surface area contributed by atoms with E-state index in [1.807, 2.05) is 13.2 Å². The van der Waals surface area contributed by atoms with Crippen molar-refractivity contribution >= 4 is 5.82 Å². The lowest BCUT2D eigenvalue weighted by molar-refractivity contribution is -0.00542. The second kappa shape index (κ2) is 7.44. The highest BCUT2D eigenvalue weighted by Crippen LogP contribution is 2.44. The van der Waals surface area contributed by atoms with Crippen LogP contribution in [0, 0.1) is 11.8 Å². The molecule has 2 saturated carbocycles. The van der Waals surface area contributed by atoms with Crippen molar-refractivity contribution in [3.63, 3.8) is 0 Å². The van der Waals surface area contributed by atoms with E-state index in [1.54, 1.807) is 14.2 Å². The fourth-order valence-corrected chi connectivity index (χ4v) is 4.88. The first-order valence-electron chi connectivity index (χ1n) is 10.3. The number of hydrogen-bond acceptors (Lipinski definition) is 8. The molecule has 1 aliphatic heterocycles. The highest BCUT2D eigenvalue weighted by molar-refractivity contribution is 5.44. The van der Waals surface area contributed by atoms with Crippen molar-refractivity contribution in [1.82, 2.24) is 25.0 Å². The van der Waals surface area contributed by atoms with Crippen LogP contribution >= 0.6 is 0 Å². The van der Waals surface area contributed by atoms with E-state index in [-0.39, 0.29) is 12.1 Å². The molecule has 2 aliphatic carbocycles. The van der Waals surface area contributed by atoms with Crippen molar-refractivity contribution in [2.45, 2.75) is 43.7 Å². The van der Waals surface area contributed by atoms with Crippen molar-refractivity contribution in [3.8, 4) is 11.9 Å². The monoisotopic (exact) mass is 400 g/mol. The predicted molar refractivity (Wildman–Crippen MR) is 105 cm³/mol. The maximum atomic E-state index is 5.89. The first-order chi connectivity index (χ1) is 14.2. The van der Waals surface area contributed by atoms with Crippen molar-refractivity contribution in [1.29, 1.82) is 0 Å². The van der Waals surface area contributed by atoms with E-state index in [1.165, 1.54) is 12.8 Å². The van der Waals surface area contributed by atoms with Gasteiger partial charge in [0.2, 0.25) is 5.88 Å². The van der Waals surface area contributed by atoms with Gasteiger partial charge in [0.25, 0.3) is 0 Å². The first kappa shape index (κ1) is 18.6. The molecule has 9 heteroatoms. The number of rotatable bonds is 6. The Morgan fingerprint density at radius 1 is 1.00 bits per heavy atom. The van der Waals surface area contributed by atoms with E-state index in [2.05, 4.69) is 36.1 Å². The molecule has 5 rings (SSSR count). The number of fused-ring (bicyclic) bond motifs is 1. The fourth-order valence-electron chi connectivity index (χ4n) is 4.88. The molecule has 156 valence electrons. The number of methoxy groups -OCH3 is 3. The van der Waals surface area contributed by atoms with Gasteiger partial charge in [-0.3, -0.25) is 0 Å². The van der Waals surface area contributed by atoms with Gasteiger partial charge in [0.1, 0.15) is 5.82 Å². The van der Waals surface area contributed by atoms with Crippen LogP contribution in [0.2, 0.25) is 0 Å². The van der Waals surface area contributed by atoms with E-state index < -0.39 is 0 Å². The van der Waals surface area contributed by atoms with Crippen LogP contribution < -0.4 is 14.4 Å². The molecule has 29 heavy (non-hydrogen) atoms. The van der Waals surface area contributed by atoms with E-state index in [4.69, 9.17) is 14.2 Å². The molecule has 4 atom stereocenters. The van der Waals surface area contributed by atoms with Crippen LogP contribution in [0.4, 0.5) is 5.82 Å². The first-order valence-corrected chi connectivity index (χ1v) is 10.3.